The van der Waals surface area contributed by atoms with Crippen LogP contribution in [0.4, 0.5) is 0 Å². The Balaban J connectivity index is 4.35. The number of carboxylic acids is 1. The molecule has 0 spiro atoms. The number of aliphatic carboxylic acids is 1. The lowest BCUT2D eigenvalue weighted by Crippen LogP contribution is -2.25. The second-order valence-electron chi connectivity index (χ2n) is 4.25. The van der Waals surface area contributed by atoms with Gasteiger partial charge in [-0.25, -0.2) is 14.4 Å². The Kier molecular flexibility index (Phi) is 8.74. The van der Waals surface area contributed by atoms with E-state index in [9.17, 15) is 14.4 Å². The number of esters is 2. The zero-order chi connectivity index (χ0) is 15.5. The summed E-state index contributed by atoms with van der Waals surface area (Å²) >= 11 is 0. The maximum Gasteiger partial charge on any atom is 0.333 e. The minimum atomic E-state index is -1.24. The average molecular weight is 284 g/mol. The Bertz CT molecular complexity index is 396. The van der Waals surface area contributed by atoms with Crippen LogP contribution < -0.4 is 0 Å². The Labute approximate surface area is 118 Å². The molecule has 0 aromatic rings. The summed E-state index contributed by atoms with van der Waals surface area (Å²) in [7, 11) is 0. The predicted molar refractivity (Wildman–Crippen MR) is 72.0 cm³/mol. The molecule has 6 heteroatoms. The van der Waals surface area contributed by atoms with Crippen molar-refractivity contribution >= 4 is 17.9 Å². The molecule has 20 heavy (non-hydrogen) atoms. The van der Waals surface area contributed by atoms with Crippen molar-refractivity contribution in [3.05, 3.63) is 24.3 Å². The van der Waals surface area contributed by atoms with Crippen LogP contribution in [0.2, 0.25) is 0 Å². The molecule has 0 amide bonds. The van der Waals surface area contributed by atoms with Crippen LogP contribution in [0.3, 0.4) is 0 Å². The number of unbranched alkanes of at least 4 members (excludes halogenated alkanes) is 1. The van der Waals surface area contributed by atoms with Crippen LogP contribution in [0.25, 0.3) is 0 Å². The van der Waals surface area contributed by atoms with Crippen molar-refractivity contribution < 1.29 is 29.0 Å². The largest absolute Gasteiger partial charge is 0.478 e. The van der Waals surface area contributed by atoms with Gasteiger partial charge in [-0.1, -0.05) is 19.9 Å². The standard InChI is InChI=1S/C14H20O6/c1-4-5-6-11(20-14(18)10(2)3)9-19-13(17)8-7-12(15)16/h7-8,11H,2,4-6,9H2,1,3H3,(H,15,16)/b8-7+. The molecule has 0 aliphatic rings. The van der Waals surface area contributed by atoms with Crippen LogP contribution in [0.15, 0.2) is 24.3 Å². The highest BCUT2D eigenvalue weighted by Gasteiger charge is 2.16. The first-order valence-corrected chi connectivity index (χ1v) is 6.31. The van der Waals surface area contributed by atoms with Gasteiger partial charge in [-0.05, 0) is 19.8 Å². The van der Waals surface area contributed by atoms with Gasteiger partial charge in [0.15, 0.2) is 0 Å². The second kappa shape index (κ2) is 9.77. The summed E-state index contributed by atoms with van der Waals surface area (Å²) < 4.78 is 9.97. The molecule has 0 radical (unpaired) electrons. The summed E-state index contributed by atoms with van der Waals surface area (Å²) in [6.07, 6.45) is 3.22. The molecule has 0 aromatic carbocycles. The number of ether oxygens (including phenoxy) is 2. The molecule has 6 nitrogen and oxygen atoms in total. The van der Waals surface area contributed by atoms with Crippen molar-refractivity contribution in [2.24, 2.45) is 0 Å². The number of carbonyl (C=O) groups excluding carboxylic acids is 2. The summed E-state index contributed by atoms with van der Waals surface area (Å²) in [6.45, 7) is 6.88. The number of hydrogen-bond donors (Lipinski definition) is 1. The van der Waals surface area contributed by atoms with Gasteiger partial charge in [-0.2, -0.15) is 0 Å². The summed E-state index contributed by atoms with van der Waals surface area (Å²) in [5.41, 5.74) is 0.267. The Morgan fingerprint density at radius 1 is 1.30 bits per heavy atom. The van der Waals surface area contributed by atoms with E-state index in [1.807, 2.05) is 6.92 Å². The molecule has 0 saturated heterocycles. The van der Waals surface area contributed by atoms with Gasteiger partial charge in [0.25, 0.3) is 0 Å². The van der Waals surface area contributed by atoms with E-state index >= 15 is 0 Å². The molecule has 0 fully saturated rings. The van der Waals surface area contributed by atoms with E-state index in [0.717, 1.165) is 18.9 Å². The molecular weight excluding hydrogens is 264 g/mol. The lowest BCUT2D eigenvalue weighted by atomic mass is 10.2. The highest BCUT2D eigenvalue weighted by atomic mass is 16.6. The normalized spacial score (nSPS) is 11.9. The monoisotopic (exact) mass is 284 g/mol. The first-order valence-electron chi connectivity index (χ1n) is 6.31. The third-order valence-electron chi connectivity index (χ3n) is 2.28. The van der Waals surface area contributed by atoms with Crippen LogP contribution in [-0.4, -0.2) is 35.7 Å². The minimum Gasteiger partial charge on any atom is -0.478 e. The van der Waals surface area contributed by atoms with Crippen LogP contribution in [-0.2, 0) is 23.9 Å². The molecule has 0 aromatic heterocycles. The van der Waals surface area contributed by atoms with E-state index in [-0.39, 0.29) is 12.2 Å². The van der Waals surface area contributed by atoms with Crippen molar-refractivity contribution in [2.45, 2.75) is 39.2 Å². The lowest BCUT2D eigenvalue weighted by molar-refractivity contribution is -0.153. The summed E-state index contributed by atoms with van der Waals surface area (Å²) in [4.78, 5) is 32.9. The number of rotatable bonds is 9. The quantitative estimate of drug-likeness (QED) is 0.513. The molecule has 0 aliphatic heterocycles. The van der Waals surface area contributed by atoms with E-state index in [0.29, 0.717) is 12.5 Å². The Morgan fingerprint density at radius 3 is 2.45 bits per heavy atom. The van der Waals surface area contributed by atoms with Gasteiger partial charge in [0.2, 0.25) is 0 Å². The minimum absolute atomic E-state index is 0.109. The van der Waals surface area contributed by atoms with Crippen molar-refractivity contribution in [2.75, 3.05) is 6.61 Å². The Morgan fingerprint density at radius 2 is 1.95 bits per heavy atom. The van der Waals surface area contributed by atoms with Gasteiger partial charge < -0.3 is 14.6 Å². The molecule has 1 N–H and O–H groups in total. The van der Waals surface area contributed by atoms with E-state index < -0.39 is 24.0 Å². The van der Waals surface area contributed by atoms with Crippen molar-refractivity contribution in [1.82, 2.24) is 0 Å². The van der Waals surface area contributed by atoms with Crippen molar-refractivity contribution in [3.63, 3.8) is 0 Å². The molecule has 1 unspecified atom stereocenters. The highest BCUT2D eigenvalue weighted by Crippen LogP contribution is 2.08. The zero-order valence-corrected chi connectivity index (χ0v) is 11.8. The van der Waals surface area contributed by atoms with E-state index in [1.165, 1.54) is 6.92 Å². The molecule has 1 atom stereocenters. The first kappa shape index (κ1) is 17.9. The number of carbonyl (C=O) groups is 3. The van der Waals surface area contributed by atoms with Crippen molar-refractivity contribution in [1.29, 1.82) is 0 Å². The fourth-order valence-corrected chi connectivity index (χ4v) is 1.22. The summed E-state index contributed by atoms with van der Waals surface area (Å²) in [6, 6.07) is 0. The first-order chi connectivity index (χ1) is 9.36. The average Bonchev–Trinajstić information content (AvgIpc) is 2.38. The fourth-order valence-electron chi connectivity index (χ4n) is 1.22. The topological polar surface area (TPSA) is 89.9 Å². The smallest absolute Gasteiger partial charge is 0.333 e. The molecule has 0 rings (SSSR count). The van der Waals surface area contributed by atoms with Crippen LogP contribution in [0.1, 0.15) is 33.1 Å². The summed E-state index contributed by atoms with van der Waals surface area (Å²) in [5, 5.41) is 8.36. The maximum absolute atomic E-state index is 11.4. The summed E-state index contributed by atoms with van der Waals surface area (Å²) in [5.74, 6) is -2.57. The van der Waals surface area contributed by atoms with E-state index in [1.54, 1.807) is 0 Å². The highest BCUT2D eigenvalue weighted by molar-refractivity contribution is 5.90. The predicted octanol–water partition coefficient (Wildman–Crippen LogP) is 1.85. The SMILES string of the molecule is C=C(C)C(=O)OC(CCCC)COC(=O)/C=C/C(=O)O. The number of hydrogen-bond acceptors (Lipinski definition) is 5. The van der Waals surface area contributed by atoms with Gasteiger partial charge in [-0.3, -0.25) is 0 Å². The molecular formula is C14H20O6. The van der Waals surface area contributed by atoms with Crippen LogP contribution in [0, 0.1) is 0 Å². The lowest BCUT2D eigenvalue weighted by Gasteiger charge is -2.17. The van der Waals surface area contributed by atoms with Crippen LogP contribution in [0.5, 0.6) is 0 Å². The molecule has 0 heterocycles. The van der Waals surface area contributed by atoms with Crippen molar-refractivity contribution in [3.8, 4) is 0 Å². The van der Waals surface area contributed by atoms with Gasteiger partial charge in [0, 0.05) is 17.7 Å². The number of carboxylic acid groups (broad SMARTS) is 1. The molecule has 0 saturated carbocycles. The molecule has 0 aliphatic carbocycles. The van der Waals surface area contributed by atoms with Gasteiger partial charge in [0.05, 0.1) is 0 Å². The van der Waals surface area contributed by atoms with E-state index in [2.05, 4.69) is 6.58 Å². The fraction of sp³-hybridized carbons (Fsp3) is 0.500. The third kappa shape index (κ3) is 8.91. The van der Waals surface area contributed by atoms with Gasteiger partial charge in [0.1, 0.15) is 12.7 Å². The molecule has 112 valence electrons. The maximum atomic E-state index is 11.4. The molecule has 0 bridgehead atoms. The third-order valence-corrected chi connectivity index (χ3v) is 2.28. The second-order valence-corrected chi connectivity index (χ2v) is 4.25. The van der Waals surface area contributed by atoms with E-state index in [4.69, 9.17) is 14.6 Å². The Hall–Kier alpha value is -2.11. The zero-order valence-electron chi connectivity index (χ0n) is 11.8. The van der Waals surface area contributed by atoms with Gasteiger partial charge >= 0.3 is 17.9 Å². The van der Waals surface area contributed by atoms with Gasteiger partial charge in [-0.15, -0.1) is 0 Å². The van der Waals surface area contributed by atoms with Crippen LogP contribution >= 0.6 is 0 Å².